The number of carbonyl (C=O) groups excluding carboxylic acids is 3. The number of hydrogen-bond acceptors (Lipinski definition) is 9. The first-order valence-electron chi connectivity index (χ1n) is 11.8. The Bertz CT molecular complexity index is 1470. The quantitative estimate of drug-likeness (QED) is 0.0980. The number of nitrogens with zero attached hydrogens (tertiary/aromatic N) is 3. The van der Waals surface area contributed by atoms with E-state index in [-0.39, 0.29) is 22.8 Å². The summed E-state index contributed by atoms with van der Waals surface area (Å²) in [6, 6.07) is 18.2. The summed E-state index contributed by atoms with van der Waals surface area (Å²) < 4.78 is 10.1. The predicted molar refractivity (Wildman–Crippen MR) is 149 cm³/mol. The van der Waals surface area contributed by atoms with E-state index in [1.54, 1.807) is 42.5 Å². The van der Waals surface area contributed by atoms with Crippen molar-refractivity contribution in [2.75, 3.05) is 26.1 Å². The second-order valence-corrected chi connectivity index (χ2v) is 8.45. The van der Waals surface area contributed by atoms with Gasteiger partial charge >= 0.3 is 11.7 Å². The molecule has 2 amide bonds. The van der Waals surface area contributed by atoms with E-state index >= 15 is 0 Å². The molecule has 0 radical (unpaired) electrons. The smallest absolute Gasteiger partial charge is 0.323 e. The molecule has 3 aromatic rings. The van der Waals surface area contributed by atoms with Gasteiger partial charge in [-0.1, -0.05) is 30.3 Å². The van der Waals surface area contributed by atoms with Crippen molar-refractivity contribution in [1.29, 1.82) is 0 Å². The summed E-state index contributed by atoms with van der Waals surface area (Å²) in [5.74, 6) is -2.40. The summed E-state index contributed by atoms with van der Waals surface area (Å²) in [6.45, 7) is 1.15. The lowest BCUT2D eigenvalue weighted by molar-refractivity contribution is -0.385. The van der Waals surface area contributed by atoms with Gasteiger partial charge in [0.15, 0.2) is 5.75 Å². The van der Waals surface area contributed by atoms with Gasteiger partial charge < -0.3 is 19.7 Å². The summed E-state index contributed by atoms with van der Waals surface area (Å²) in [5.41, 5.74) is 3.53. The molecule has 0 heterocycles. The van der Waals surface area contributed by atoms with Crippen LogP contribution in [-0.2, 0) is 9.59 Å². The largest absolute Gasteiger partial charge is 0.488 e. The molecular weight excluding hydrogens is 518 g/mol. The normalized spacial score (nSPS) is 11.1. The molecule has 0 atom stereocenters. The molecule has 0 spiro atoms. The third-order valence-corrected chi connectivity index (χ3v) is 5.39. The third-order valence-electron chi connectivity index (χ3n) is 5.39. The number of nitrogens with one attached hydrogen (secondary N) is 2. The molecule has 0 aliphatic rings. The van der Waals surface area contributed by atoms with Gasteiger partial charge in [0.2, 0.25) is 5.75 Å². The van der Waals surface area contributed by atoms with Crippen molar-refractivity contribution in [2.24, 2.45) is 5.10 Å². The van der Waals surface area contributed by atoms with Crippen LogP contribution in [0.15, 0.2) is 77.5 Å². The summed E-state index contributed by atoms with van der Waals surface area (Å²) in [4.78, 5) is 50.1. The number of nitro benzene ring substituents is 1. The molecule has 0 aliphatic carbocycles. The van der Waals surface area contributed by atoms with Crippen molar-refractivity contribution in [2.45, 2.75) is 6.92 Å². The highest BCUT2D eigenvalue weighted by Crippen LogP contribution is 2.39. The maximum Gasteiger partial charge on any atom is 0.323 e. The number of carbonyl (C=O) groups is 3. The zero-order valence-corrected chi connectivity index (χ0v) is 22.2. The van der Waals surface area contributed by atoms with E-state index in [1.807, 2.05) is 31.1 Å². The Morgan fingerprint density at radius 1 is 1.00 bits per heavy atom. The zero-order valence-electron chi connectivity index (χ0n) is 22.2. The fourth-order valence-corrected chi connectivity index (χ4v) is 3.49. The van der Waals surface area contributed by atoms with Crippen molar-refractivity contribution in [3.8, 4) is 11.5 Å². The molecule has 0 saturated heterocycles. The molecule has 206 valence electrons. The number of anilines is 1. The molecule has 0 fully saturated rings. The van der Waals surface area contributed by atoms with E-state index < -0.39 is 28.4 Å². The van der Waals surface area contributed by atoms with Crippen molar-refractivity contribution in [1.82, 2.24) is 10.7 Å². The number of ether oxygens (including phenoxy) is 2. The molecule has 12 nitrogen and oxygen atoms in total. The molecule has 0 unspecified atom stereocenters. The Morgan fingerprint density at radius 2 is 1.68 bits per heavy atom. The van der Waals surface area contributed by atoms with Gasteiger partial charge in [-0.2, -0.15) is 5.10 Å². The fourth-order valence-electron chi connectivity index (χ4n) is 3.49. The Balaban J connectivity index is 1.90. The number of methoxy groups -OCH3 is 1. The molecular formula is C28H27N5O7. The molecule has 0 aliphatic heterocycles. The van der Waals surface area contributed by atoms with Crippen molar-refractivity contribution < 1.29 is 28.8 Å². The second-order valence-electron chi connectivity index (χ2n) is 8.45. The van der Waals surface area contributed by atoms with Gasteiger partial charge in [-0.15, -0.1) is 0 Å². The number of hydrazone groups is 1. The molecule has 0 bridgehead atoms. The molecule has 3 aromatic carbocycles. The minimum Gasteiger partial charge on any atom is -0.488 e. The number of benzene rings is 3. The zero-order chi connectivity index (χ0) is 29.2. The first-order chi connectivity index (χ1) is 19.1. The second kappa shape index (κ2) is 13.3. The number of amides is 2. The lowest BCUT2D eigenvalue weighted by Crippen LogP contribution is -2.32. The van der Waals surface area contributed by atoms with Gasteiger partial charge in [0.25, 0.3) is 11.8 Å². The van der Waals surface area contributed by atoms with Gasteiger partial charge in [-0.05, 0) is 48.0 Å². The van der Waals surface area contributed by atoms with E-state index in [0.717, 1.165) is 18.8 Å². The fraction of sp³-hybridized carbons (Fsp3) is 0.143. The maximum absolute atomic E-state index is 13.1. The molecule has 2 N–H and O–H groups in total. The van der Waals surface area contributed by atoms with Crippen LogP contribution in [0.2, 0.25) is 0 Å². The first kappa shape index (κ1) is 29.0. The molecule has 0 saturated carbocycles. The summed E-state index contributed by atoms with van der Waals surface area (Å²) in [5, 5.41) is 18.2. The van der Waals surface area contributed by atoms with Crippen LogP contribution >= 0.6 is 0 Å². The molecule has 0 aromatic heterocycles. The van der Waals surface area contributed by atoms with Gasteiger partial charge in [0.1, 0.15) is 5.70 Å². The van der Waals surface area contributed by atoms with Crippen LogP contribution in [0.3, 0.4) is 0 Å². The van der Waals surface area contributed by atoms with Crippen LogP contribution < -0.4 is 25.1 Å². The third kappa shape index (κ3) is 7.51. The monoisotopic (exact) mass is 545 g/mol. The van der Waals surface area contributed by atoms with Crippen molar-refractivity contribution >= 4 is 41.4 Å². The highest BCUT2D eigenvalue weighted by Gasteiger charge is 2.25. The minimum absolute atomic E-state index is 0.0313. The van der Waals surface area contributed by atoms with Crippen LogP contribution in [-0.4, -0.2) is 50.1 Å². The highest BCUT2D eigenvalue weighted by molar-refractivity contribution is 6.05. The lowest BCUT2D eigenvalue weighted by atomic mass is 10.1. The molecule has 12 heteroatoms. The summed E-state index contributed by atoms with van der Waals surface area (Å²) in [6.07, 6.45) is 2.52. The number of esters is 1. The maximum atomic E-state index is 13.1. The minimum atomic E-state index is -0.775. The average Bonchev–Trinajstić information content (AvgIpc) is 2.93. The van der Waals surface area contributed by atoms with E-state index in [9.17, 15) is 24.5 Å². The Labute approximate surface area is 230 Å². The standard InChI is InChI=1S/C28H27N5O7/c1-18(34)40-24-15-12-21(25(33(37)38)26(24)39-4)17-29-31-28(36)23(30-27(35)20-8-6-5-7-9-20)16-19-10-13-22(14-11-19)32(2)3/h5-17H,1-4H3,(H,30,35)(H,31,36)/b23-16-,29-17+. The Kier molecular flexibility index (Phi) is 9.68. The van der Waals surface area contributed by atoms with E-state index in [4.69, 9.17) is 9.47 Å². The number of nitro groups is 1. The number of rotatable bonds is 10. The SMILES string of the molecule is COc1c(OC(C)=O)ccc(/C=N/NC(=O)/C(=C/c2ccc(N(C)C)cc2)NC(=O)c2ccccc2)c1[N+](=O)[O-]. The Morgan fingerprint density at radius 3 is 2.25 bits per heavy atom. The van der Waals surface area contributed by atoms with Crippen molar-refractivity contribution in [3.63, 3.8) is 0 Å². The topological polar surface area (TPSA) is 152 Å². The van der Waals surface area contributed by atoms with E-state index in [0.29, 0.717) is 11.1 Å². The highest BCUT2D eigenvalue weighted by atomic mass is 16.6. The van der Waals surface area contributed by atoms with Crippen LogP contribution in [0.5, 0.6) is 11.5 Å². The van der Waals surface area contributed by atoms with Gasteiger partial charge in [0.05, 0.1) is 23.8 Å². The molecule has 3 rings (SSSR count). The van der Waals surface area contributed by atoms with Gasteiger partial charge in [-0.3, -0.25) is 24.5 Å². The molecule has 40 heavy (non-hydrogen) atoms. The van der Waals surface area contributed by atoms with Crippen molar-refractivity contribution in [3.05, 3.63) is 99.2 Å². The van der Waals surface area contributed by atoms with E-state index in [2.05, 4.69) is 15.8 Å². The van der Waals surface area contributed by atoms with Gasteiger partial charge in [0, 0.05) is 32.3 Å². The van der Waals surface area contributed by atoms with Crippen LogP contribution in [0.4, 0.5) is 11.4 Å². The Hall–Kier alpha value is -5.52. The first-order valence-corrected chi connectivity index (χ1v) is 11.8. The lowest BCUT2D eigenvalue weighted by Gasteiger charge is -2.13. The van der Waals surface area contributed by atoms with Gasteiger partial charge in [-0.25, -0.2) is 5.43 Å². The summed E-state index contributed by atoms with van der Waals surface area (Å²) in [7, 11) is 4.98. The predicted octanol–water partition coefficient (Wildman–Crippen LogP) is 3.52. The average molecular weight is 546 g/mol. The van der Waals surface area contributed by atoms with Crippen LogP contribution in [0, 0.1) is 10.1 Å². The van der Waals surface area contributed by atoms with Crippen LogP contribution in [0.25, 0.3) is 6.08 Å². The number of hydrogen-bond donors (Lipinski definition) is 2. The van der Waals surface area contributed by atoms with E-state index in [1.165, 1.54) is 25.3 Å². The summed E-state index contributed by atoms with van der Waals surface area (Å²) >= 11 is 0. The van der Waals surface area contributed by atoms with Crippen LogP contribution in [0.1, 0.15) is 28.4 Å².